The molecule has 1 rings (SSSR count). The Morgan fingerprint density at radius 3 is 2.69 bits per heavy atom. The van der Waals surface area contributed by atoms with E-state index in [1.165, 1.54) is 6.07 Å². The van der Waals surface area contributed by atoms with Crippen LogP contribution in [-0.2, 0) is 4.79 Å². The van der Waals surface area contributed by atoms with Crippen LogP contribution in [0.4, 0.5) is 10.1 Å². The molecule has 16 heavy (non-hydrogen) atoms. The second kappa shape index (κ2) is 4.96. The topological polar surface area (TPSA) is 38.3 Å². The summed E-state index contributed by atoms with van der Waals surface area (Å²) in [4.78, 5) is 10.3. The van der Waals surface area contributed by atoms with Crippen LogP contribution in [0.3, 0.4) is 0 Å². The number of para-hydroxylation sites is 1. The molecule has 4 heteroatoms. The Labute approximate surface area is 94.6 Å². The number of hydrogen-bond donors (Lipinski definition) is 1. The van der Waals surface area contributed by atoms with Gasteiger partial charge in [0.2, 0.25) is 6.41 Å². The molecule has 1 amide bonds. The molecular weight excluding hydrogens is 209 g/mol. The van der Waals surface area contributed by atoms with Gasteiger partial charge in [0.1, 0.15) is 11.4 Å². The summed E-state index contributed by atoms with van der Waals surface area (Å²) in [5, 5.41) is 2.30. The summed E-state index contributed by atoms with van der Waals surface area (Å²) in [6.07, 6.45) is 0.433. The van der Waals surface area contributed by atoms with Crippen molar-refractivity contribution < 1.29 is 13.9 Å². The highest BCUT2D eigenvalue weighted by Gasteiger charge is 2.14. The standard InChI is InChI=1S/C12H16FNO2/c1-12(2,3)7-16-10-6-4-5-9(13)11(10)14-8-15/h4-6,8H,7H2,1-3H3,(H,14,15). The van der Waals surface area contributed by atoms with Crippen molar-refractivity contribution in [2.75, 3.05) is 11.9 Å². The van der Waals surface area contributed by atoms with E-state index in [0.29, 0.717) is 18.8 Å². The lowest BCUT2D eigenvalue weighted by molar-refractivity contribution is -0.105. The molecule has 0 aromatic heterocycles. The molecule has 0 atom stereocenters. The van der Waals surface area contributed by atoms with Gasteiger partial charge in [-0.15, -0.1) is 0 Å². The van der Waals surface area contributed by atoms with Crippen LogP contribution in [0.25, 0.3) is 0 Å². The van der Waals surface area contributed by atoms with Crippen LogP contribution < -0.4 is 10.1 Å². The molecule has 0 aliphatic rings. The van der Waals surface area contributed by atoms with E-state index in [1.807, 2.05) is 20.8 Å². The lowest BCUT2D eigenvalue weighted by Gasteiger charge is -2.20. The normalized spacial score (nSPS) is 11.0. The quantitative estimate of drug-likeness (QED) is 0.800. The number of hydrogen-bond acceptors (Lipinski definition) is 2. The molecule has 0 radical (unpaired) electrons. The smallest absolute Gasteiger partial charge is 0.211 e. The highest BCUT2D eigenvalue weighted by atomic mass is 19.1. The third kappa shape index (κ3) is 3.53. The summed E-state index contributed by atoms with van der Waals surface area (Å²) in [6.45, 7) is 6.49. The Bertz CT molecular complexity index is 372. The fourth-order valence-corrected chi connectivity index (χ4v) is 1.12. The van der Waals surface area contributed by atoms with Crippen molar-refractivity contribution in [3.63, 3.8) is 0 Å². The van der Waals surface area contributed by atoms with Gasteiger partial charge in [-0.3, -0.25) is 4.79 Å². The average molecular weight is 225 g/mol. The highest BCUT2D eigenvalue weighted by molar-refractivity contribution is 5.75. The van der Waals surface area contributed by atoms with E-state index in [9.17, 15) is 9.18 Å². The van der Waals surface area contributed by atoms with Crippen LogP contribution >= 0.6 is 0 Å². The number of halogens is 1. The SMILES string of the molecule is CC(C)(C)COc1cccc(F)c1NC=O. The monoisotopic (exact) mass is 225 g/mol. The zero-order valence-electron chi connectivity index (χ0n) is 9.71. The first kappa shape index (κ1) is 12.5. The lowest BCUT2D eigenvalue weighted by atomic mass is 9.99. The van der Waals surface area contributed by atoms with Gasteiger partial charge < -0.3 is 10.1 Å². The number of anilines is 1. The van der Waals surface area contributed by atoms with Crippen molar-refractivity contribution in [1.82, 2.24) is 0 Å². The van der Waals surface area contributed by atoms with Crippen LogP contribution in [-0.4, -0.2) is 13.0 Å². The first-order chi connectivity index (χ1) is 7.44. The fraction of sp³-hybridized carbons (Fsp3) is 0.417. The lowest BCUT2D eigenvalue weighted by Crippen LogP contribution is -2.17. The van der Waals surface area contributed by atoms with Crippen molar-refractivity contribution in [2.24, 2.45) is 5.41 Å². The Morgan fingerprint density at radius 1 is 1.44 bits per heavy atom. The Hall–Kier alpha value is -1.58. The third-order valence-corrected chi connectivity index (χ3v) is 1.84. The molecule has 0 spiro atoms. The molecular formula is C12H16FNO2. The first-order valence-electron chi connectivity index (χ1n) is 5.05. The van der Waals surface area contributed by atoms with Crippen LogP contribution in [0.1, 0.15) is 20.8 Å². The van der Waals surface area contributed by atoms with Gasteiger partial charge in [-0.2, -0.15) is 0 Å². The number of nitrogens with one attached hydrogen (secondary N) is 1. The first-order valence-corrected chi connectivity index (χ1v) is 5.05. The summed E-state index contributed by atoms with van der Waals surface area (Å²) in [7, 11) is 0. The van der Waals surface area contributed by atoms with Crippen molar-refractivity contribution in [3.8, 4) is 5.75 Å². The molecule has 0 unspecified atom stereocenters. The zero-order chi connectivity index (χ0) is 12.2. The number of rotatable bonds is 4. The molecule has 3 nitrogen and oxygen atoms in total. The second-order valence-electron chi connectivity index (χ2n) is 4.72. The summed E-state index contributed by atoms with van der Waals surface area (Å²) in [5.74, 6) is -0.152. The van der Waals surface area contributed by atoms with Gasteiger partial charge in [-0.05, 0) is 17.5 Å². The zero-order valence-corrected chi connectivity index (χ0v) is 9.71. The van der Waals surface area contributed by atoms with E-state index in [0.717, 1.165) is 0 Å². The molecule has 0 saturated carbocycles. The summed E-state index contributed by atoms with van der Waals surface area (Å²) in [5.41, 5.74) is 0.0619. The maximum absolute atomic E-state index is 13.4. The number of carbonyl (C=O) groups excluding carboxylic acids is 1. The van der Waals surface area contributed by atoms with Gasteiger partial charge >= 0.3 is 0 Å². The van der Waals surface area contributed by atoms with E-state index in [-0.39, 0.29) is 11.1 Å². The minimum atomic E-state index is -0.501. The van der Waals surface area contributed by atoms with E-state index < -0.39 is 5.82 Å². The summed E-state index contributed by atoms with van der Waals surface area (Å²) >= 11 is 0. The van der Waals surface area contributed by atoms with Crippen molar-refractivity contribution >= 4 is 12.1 Å². The predicted molar refractivity (Wildman–Crippen MR) is 61.0 cm³/mol. The minimum Gasteiger partial charge on any atom is -0.491 e. The number of amides is 1. The molecule has 0 saturated heterocycles. The van der Waals surface area contributed by atoms with Crippen LogP contribution in [0.5, 0.6) is 5.75 Å². The third-order valence-electron chi connectivity index (χ3n) is 1.84. The molecule has 0 aliphatic carbocycles. The van der Waals surface area contributed by atoms with E-state index >= 15 is 0 Å². The largest absolute Gasteiger partial charge is 0.491 e. The Kier molecular flexibility index (Phi) is 3.88. The number of carbonyl (C=O) groups is 1. The fourth-order valence-electron chi connectivity index (χ4n) is 1.12. The van der Waals surface area contributed by atoms with E-state index in [4.69, 9.17) is 4.74 Å². The molecule has 88 valence electrons. The van der Waals surface area contributed by atoms with Gasteiger partial charge in [0.15, 0.2) is 5.82 Å². The minimum absolute atomic E-state index is 0.0230. The summed E-state index contributed by atoms with van der Waals surface area (Å²) < 4.78 is 18.8. The maximum Gasteiger partial charge on any atom is 0.211 e. The molecule has 0 fully saturated rings. The molecule has 0 heterocycles. The van der Waals surface area contributed by atoms with Gasteiger partial charge in [0, 0.05) is 0 Å². The summed E-state index contributed by atoms with van der Waals surface area (Å²) in [6, 6.07) is 4.44. The van der Waals surface area contributed by atoms with Crippen molar-refractivity contribution in [2.45, 2.75) is 20.8 Å². The molecule has 0 aliphatic heterocycles. The van der Waals surface area contributed by atoms with Crippen LogP contribution in [0, 0.1) is 11.2 Å². The van der Waals surface area contributed by atoms with Crippen LogP contribution in [0.2, 0.25) is 0 Å². The highest BCUT2D eigenvalue weighted by Crippen LogP contribution is 2.28. The number of ether oxygens (including phenoxy) is 1. The second-order valence-corrected chi connectivity index (χ2v) is 4.72. The van der Waals surface area contributed by atoms with Crippen molar-refractivity contribution in [3.05, 3.63) is 24.0 Å². The van der Waals surface area contributed by atoms with E-state index in [1.54, 1.807) is 12.1 Å². The van der Waals surface area contributed by atoms with Crippen molar-refractivity contribution in [1.29, 1.82) is 0 Å². The van der Waals surface area contributed by atoms with Gasteiger partial charge in [0.25, 0.3) is 0 Å². The average Bonchev–Trinajstić information content (AvgIpc) is 2.18. The van der Waals surface area contributed by atoms with Gasteiger partial charge in [-0.25, -0.2) is 4.39 Å². The predicted octanol–water partition coefficient (Wildman–Crippen LogP) is 2.82. The maximum atomic E-state index is 13.4. The molecule has 1 aromatic carbocycles. The Morgan fingerprint density at radius 2 is 2.12 bits per heavy atom. The molecule has 1 N–H and O–H groups in total. The molecule has 0 bridgehead atoms. The van der Waals surface area contributed by atoms with Gasteiger partial charge in [0.05, 0.1) is 6.61 Å². The van der Waals surface area contributed by atoms with Gasteiger partial charge in [-0.1, -0.05) is 26.8 Å². The molecule has 1 aromatic rings. The number of benzene rings is 1. The van der Waals surface area contributed by atoms with Crippen LogP contribution in [0.15, 0.2) is 18.2 Å². The van der Waals surface area contributed by atoms with E-state index in [2.05, 4.69) is 5.32 Å². The Balaban J connectivity index is 2.86.